The molecule has 0 heterocycles. The van der Waals surface area contributed by atoms with Crippen LogP contribution in [0.5, 0.6) is 0 Å². The van der Waals surface area contributed by atoms with Crippen LogP contribution in [0.4, 0.5) is 0 Å². The van der Waals surface area contributed by atoms with Crippen molar-refractivity contribution in [3.05, 3.63) is 24.3 Å². The minimum Gasteiger partial charge on any atom is -0.374 e. The largest absolute Gasteiger partial charge is 0.374 e. The Labute approximate surface area is 107 Å². The van der Waals surface area contributed by atoms with E-state index in [2.05, 4.69) is 26.5 Å². The van der Waals surface area contributed by atoms with Gasteiger partial charge in [0, 0.05) is 0 Å². The first-order valence-corrected chi connectivity index (χ1v) is 7.12. The summed E-state index contributed by atoms with van der Waals surface area (Å²) in [5.74, 6) is 0.623. The third kappa shape index (κ3) is 6.68. The van der Waals surface area contributed by atoms with Gasteiger partial charge in [-0.25, -0.2) is 0 Å². The Bertz CT molecular complexity index is 236. The van der Waals surface area contributed by atoms with E-state index in [1.54, 1.807) is 0 Å². The van der Waals surface area contributed by atoms with Gasteiger partial charge in [-0.15, -0.1) is 6.58 Å². The molecule has 0 spiro atoms. The Balaban J connectivity index is 2.12. The van der Waals surface area contributed by atoms with E-state index in [0.29, 0.717) is 12.0 Å². The Morgan fingerprint density at radius 3 is 2.71 bits per heavy atom. The molecule has 0 amide bonds. The van der Waals surface area contributed by atoms with Crippen molar-refractivity contribution in [1.29, 1.82) is 0 Å². The SMILES string of the molecule is C=CC(C)CCC=C(C)COC1CCCCC1. The second kappa shape index (κ2) is 8.52. The van der Waals surface area contributed by atoms with Gasteiger partial charge in [0.05, 0.1) is 12.7 Å². The molecule has 0 bridgehead atoms. The number of rotatable bonds is 7. The lowest BCUT2D eigenvalue weighted by atomic mass is 9.98. The number of hydrogen-bond donors (Lipinski definition) is 0. The van der Waals surface area contributed by atoms with Gasteiger partial charge in [-0.1, -0.05) is 43.9 Å². The van der Waals surface area contributed by atoms with Crippen LogP contribution in [-0.2, 0) is 4.74 Å². The second-order valence-corrected chi connectivity index (χ2v) is 5.41. The summed E-state index contributed by atoms with van der Waals surface area (Å²) >= 11 is 0. The van der Waals surface area contributed by atoms with Crippen LogP contribution >= 0.6 is 0 Å². The van der Waals surface area contributed by atoms with Gasteiger partial charge in [-0.05, 0) is 38.5 Å². The average Bonchev–Trinajstić information content (AvgIpc) is 2.37. The molecule has 1 saturated carbocycles. The fourth-order valence-corrected chi connectivity index (χ4v) is 2.25. The molecule has 1 heteroatoms. The maximum atomic E-state index is 5.94. The van der Waals surface area contributed by atoms with Gasteiger partial charge in [0.25, 0.3) is 0 Å². The summed E-state index contributed by atoms with van der Waals surface area (Å²) in [7, 11) is 0. The van der Waals surface area contributed by atoms with Crippen LogP contribution < -0.4 is 0 Å². The van der Waals surface area contributed by atoms with Crippen molar-refractivity contribution >= 4 is 0 Å². The molecule has 0 N–H and O–H groups in total. The molecular formula is C16H28O. The lowest BCUT2D eigenvalue weighted by Crippen LogP contribution is -2.17. The molecule has 0 radical (unpaired) electrons. The molecule has 0 aromatic rings. The summed E-state index contributed by atoms with van der Waals surface area (Å²) in [5, 5.41) is 0. The van der Waals surface area contributed by atoms with Crippen LogP contribution in [-0.4, -0.2) is 12.7 Å². The average molecular weight is 236 g/mol. The zero-order valence-electron chi connectivity index (χ0n) is 11.6. The zero-order chi connectivity index (χ0) is 12.5. The fraction of sp³-hybridized carbons (Fsp3) is 0.750. The maximum Gasteiger partial charge on any atom is 0.0677 e. The van der Waals surface area contributed by atoms with Gasteiger partial charge >= 0.3 is 0 Å². The van der Waals surface area contributed by atoms with Crippen molar-refractivity contribution in [2.75, 3.05) is 6.61 Å². The van der Waals surface area contributed by atoms with Gasteiger partial charge in [-0.3, -0.25) is 0 Å². The zero-order valence-corrected chi connectivity index (χ0v) is 11.6. The Morgan fingerprint density at radius 2 is 2.06 bits per heavy atom. The monoisotopic (exact) mass is 236 g/mol. The minimum atomic E-state index is 0.527. The van der Waals surface area contributed by atoms with Gasteiger partial charge in [0.2, 0.25) is 0 Å². The van der Waals surface area contributed by atoms with Crippen molar-refractivity contribution in [3.63, 3.8) is 0 Å². The van der Waals surface area contributed by atoms with Crippen LogP contribution in [0.1, 0.15) is 58.8 Å². The number of ether oxygens (including phenoxy) is 1. The van der Waals surface area contributed by atoms with Crippen molar-refractivity contribution in [1.82, 2.24) is 0 Å². The van der Waals surface area contributed by atoms with Gasteiger partial charge in [-0.2, -0.15) is 0 Å². The fourth-order valence-electron chi connectivity index (χ4n) is 2.25. The first-order valence-electron chi connectivity index (χ1n) is 7.12. The van der Waals surface area contributed by atoms with E-state index >= 15 is 0 Å². The summed E-state index contributed by atoms with van der Waals surface area (Å²) in [6.07, 6.45) is 13.9. The van der Waals surface area contributed by atoms with Crippen LogP contribution in [0, 0.1) is 5.92 Å². The van der Waals surface area contributed by atoms with Crippen molar-refractivity contribution in [2.45, 2.75) is 64.9 Å². The standard InChI is InChI=1S/C16H28O/c1-4-14(2)9-8-10-15(3)13-17-16-11-6-5-7-12-16/h4,10,14,16H,1,5-9,11-13H2,2-3H3. The van der Waals surface area contributed by atoms with Crippen molar-refractivity contribution < 1.29 is 4.74 Å². The van der Waals surface area contributed by atoms with Crippen LogP contribution in [0.25, 0.3) is 0 Å². The van der Waals surface area contributed by atoms with E-state index in [-0.39, 0.29) is 0 Å². The smallest absolute Gasteiger partial charge is 0.0677 e. The minimum absolute atomic E-state index is 0.527. The number of allylic oxidation sites excluding steroid dienone is 2. The number of hydrogen-bond acceptors (Lipinski definition) is 1. The Morgan fingerprint density at radius 1 is 1.35 bits per heavy atom. The maximum absolute atomic E-state index is 5.94. The lowest BCUT2D eigenvalue weighted by molar-refractivity contribution is 0.0426. The summed E-state index contributed by atoms with van der Waals surface area (Å²) in [4.78, 5) is 0. The molecular weight excluding hydrogens is 208 g/mol. The highest BCUT2D eigenvalue weighted by Crippen LogP contribution is 2.20. The highest BCUT2D eigenvalue weighted by atomic mass is 16.5. The molecule has 1 atom stereocenters. The summed E-state index contributed by atoms with van der Waals surface area (Å²) in [6, 6.07) is 0. The Kier molecular flexibility index (Phi) is 7.27. The van der Waals surface area contributed by atoms with Crippen molar-refractivity contribution in [2.24, 2.45) is 5.92 Å². The van der Waals surface area contributed by atoms with Crippen molar-refractivity contribution in [3.8, 4) is 0 Å². The highest BCUT2D eigenvalue weighted by Gasteiger charge is 2.13. The van der Waals surface area contributed by atoms with E-state index in [0.717, 1.165) is 13.0 Å². The van der Waals surface area contributed by atoms with Gasteiger partial charge < -0.3 is 4.74 Å². The molecule has 1 rings (SSSR count). The highest BCUT2D eigenvalue weighted by molar-refractivity contribution is 4.98. The predicted octanol–water partition coefficient (Wildman–Crippen LogP) is 4.88. The molecule has 98 valence electrons. The molecule has 0 saturated heterocycles. The summed E-state index contributed by atoms with van der Waals surface area (Å²) in [6.45, 7) is 9.04. The van der Waals surface area contributed by atoms with E-state index in [4.69, 9.17) is 4.74 Å². The predicted molar refractivity (Wildman–Crippen MR) is 75.2 cm³/mol. The van der Waals surface area contributed by atoms with Crippen LogP contribution in [0.3, 0.4) is 0 Å². The van der Waals surface area contributed by atoms with Crippen LogP contribution in [0.2, 0.25) is 0 Å². The third-order valence-electron chi connectivity index (χ3n) is 3.62. The van der Waals surface area contributed by atoms with Gasteiger partial charge in [0.1, 0.15) is 0 Å². The van der Waals surface area contributed by atoms with Gasteiger partial charge in [0.15, 0.2) is 0 Å². The molecule has 1 aliphatic carbocycles. The molecule has 1 fully saturated rings. The third-order valence-corrected chi connectivity index (χ3v) is 3.62. The Hall–Kier alpha value is -0.560. The van der Waals surface area contributed by atoms with E-state index in [1.807, 2.05) is 6.08 Å². The molecule has 1 aliphatic rings. The summed E-state index contributed by atoms with van der Waals surface area (Å²) < 4.78 is 5.94. The first-order chi connectivity index (χ1) is 8.22. The summed E-state index contributed by atoms with van der Waals surface area (Å²) in [5.41, 5.74) is 1.38. The van der Waals surface area contributed by atoms with E-state index in [9.17, 15) is 0 Å². The first kappa shape index (κ1) is 14.5. The topological polar surface area (TPSA) is 9.23 Å². The van der Waals surface area contributed by atoms with Crippen LogP contribution in [0.15, 0.2) is 24.3 Å². The molecule has 1 nitrogen and oxygen atoms in total. The molecule has 1 unspecified atom stereocenters. The molecule has 0 aromatic heterocycles. The molecule has 17 heavy (non-hydrogen) atoms. The normalized spacial score (nSPS) is 20.2. The van der Waals surface area contributed by atoms with E-state index in [1.165, 1.54) is 44.1 Å². The second-order valence-electron chi connectivity index (χ2n) is 5.41. The molecule has 0 aromatic carbocycles. The quantitative estimate of drug-likeness (QED) is 0.572. The molecule has 0 aliphatic heterocycles. The lowest BCUT2D eigenvalue weighted by Gasteiger charge is -2.22. The van der Waals surface area contributed by atoms with E-state index < -0.39 is 0 Å².